The fraction of sp³-hybridized carbons (Fsp3) is 0.500. The van der Waals surface area contributed by atoms with Crippen LogP contribution < -0.4 is 15.8 Å². The molecule has 5 nitrogen and oxygen atoms in total. The van der Waals surface area contributed by atoms with Crippen molar-refractivity contribution >= 4 is 5.91 Å². The van der Waals surface area contributed by atoms with Gasteiger partial charge in [0.1, 0.15) is 5.75 Å². The maximum atomic E-state index is 11.6. The number of aryl methyl sites for hydroxylation is 1. The molecule has 2 unspecified atom stereocenters. The Kier molecular flexibility index (Phi) is 6.32. The van der Waals surface area contributed by atoms with Crippen LogP contribution in [0.3, 0.4) is 0 Å². The van der Waals surface area contributed by atoms with Crippen LogP contribution >= 0.6 is 0 Å². The first kappa shape index (κ1) is 15.5. The lowest BCUT2D eigenvalue weighted by Gasteiger charge is -2.15. The smallest absolute Gasteiger partial charge is 0.220 e. The molecule has 0 saturated carbocycles. The van der Waals surface area contributed by atoms with Crippen molar-refractivity contribution < 1.29 is 14.6 Å². The van der Waals surface area contributed by atoms with E-state index in [1.807, 2.05) is 24.3 Å². The molecular weight excluding hydrogens is 244 g/mol. The minimum absolute atomic E-state index is 0.0630. The van der Waals surface area contributed by atoms with Crippen molar-refractivity contribution in [3.63, 3.8) is 0 Å². The van der Waals surface area contributed by atoms with E-state index in [1.54, 1.807) is 14.0 Å². The number of aliphatic hydroxyl groups excluding tert-OH is 1. The van der Waals surface area contributed by atoms with E-state index in [1.165, 1.54) is 0 Å². The lowest BCUT2D eigenvalue weighted by molar-refractivity contribution is -0.121. The highest BCUT2D eigenvalue weighted by Gasteiger charge is 2.10. The summed E-state index contributed by atoms with van der Waals surface area (Å²) in [6.07, 6.45) is 0.445. The summed E-state index contributed by atoms with van der Waals surface area (Å²) >= 11 is 0. The molecule has 0 heterocycles. The summed E-state index contributed by atoms with van der Waals surface area (Å²) in [6, 6.07) is 7.19. The lowest BCUT2D eigenvalue weighted by Crippen LogP contribution is -2.43. The van der Waals surface area contributed by atoms with Crippen LogP contribution in [0.25, 0.3) is 0 Å². The van der Waals surface area contributed by atoms with Gasteiger partial charge in [-0.2, -0.15) is 0 Å². The molecule has 0 aliphatic rings. The van der Waals surface area contributed by atoms with Crippen molar-refractivity contribution in [2.24, 2.45) is 5.73 Å². The van der Waals surface area contributed by atoms with E-state index in [2.05, 4.69) is 5.32 Å². The van der Waals surface area contributed by atoms with Gasteiger partial charge >= 0.3 is 0 Å². The van der Waals surface area contributed by atoms with E-state index >= 15 is 0 Å². The summed E-state index contributed by atoms with van der Waals surface area (Å²) in [5, 5.41) is 11.9. The van der Waals surface area contributed by atoms with E-state index in [-0.39, 0.29) is 5.91 Å². The van der Waals surface area contributed by atoms with Crippen molar-refractivity contribution in [3.8, 4) is 5.75 Å². The SMILES string of the molecule is COc1ccc(CCC(=O)NCC(N)C(C)O)cc1. The van der Waals surface area contributed by atoms with Gasteiger partial charge in [-0.25, -0.2) is 0 Å². The first-order chi connectivity index (χ1) is 9.02. The maximum absolute atomic E-state index is 11.6. The van der Waals surface area contributed by atoms with Crippen LogP contribution in [0.5, 0.6) is 5.75 Å². The molecule has 0 radical (unpaired) electrons. The highest BCUT2D eigenvalue weighted by molar-refractivity contribution is 5.76. The summed E-state index contributed by atoms with van der Waals surface area (Å²) in [5.41, 5.74) is 6.70. The van der Waals surface area contributed by atoms with E-state index < -0.39 is 12.1 Å². The Balaban J connectivity index is 2.29. The fourth-order valence-electron chi connectivity index (χ4n) is 1.54. The summed E-state index contributed by atoms with van der Waals surface area (Å²) in [7, 11) is 1.62. The Morgan fingerprint density at radius 3 is 2.58 bits per heavy atom. The van der Waals surface area contributed by atoms with Crippen molar-refractivity contribution in [2.45, 2.75) is 31.9 Å². The van der Waals surface area contributed by atoms with Gasteiger partial charge < -0.3 is 20.9 Å². The number of ether oxygens (including phenoxy) is 1. The molecule has 0 bridgehead atoms. The minimum atomic E-state index is -0.623. The third kappa shape index (κ3) is 5.72. The lowest BCUT2D eigenvalue weighted by atomic mass is 10.1. The van der Waals surface area contributed by atoms with Gasteiger partial charge in [0.25, 0.3) is 0 Å². The molecular formula is C14H22N2O3. The number of nitrogens with two attached hydrogens (primary N) is 1. The van der Waals surface area contributed by atoms with Gasteiger partial charge in [-0.05, 0) is 31.0 Å². The Morgan fingerprint density at radius 2 is 2.05 bits per heavy atom. The average Bonchev–Trinajstić information content (AvgIpc) is 2.42. The van der Waals surface area contributed by atoms with Crippen molar-refractivity contribution in [1.29, 1.82) is 0 Å². The third-order valence-corrected chi connectivity index (χ3v) is 2.95. The van der Waals surface area contributed by atoms with Crippen LogP contribution in [-0.2, 0) is 11.2 Å². The zero-order valence-corrected chi connectivity index (χ0v) is 11.4. The highest BCUT2D eigenvalue weighted by Crippen LogP contribution is 2.12. The monoisotopic (exact) mass is 266 g/mol. The van der Waals surface area contributed by atoms with E-state index in [0.29, 0.717) is 19.4 Å². The molecule has 19 heavy (non-hydrogen) atoms. The normalized spacial score (nSPS) is 13.7. The second-order valence-corrected chi connectivity index (χ2v) is 4.56. The second kappa shape index (κ2) is 7.76. The Morgan fingerprint density at radius 1 is 1.42 bits per heavy atom. The van der Waals surface area contributed by atoms with Gasteiger partial charge in [-0.15, -0.1) is 0 Å². The summed E-state index contributed by atoms with van der Waals surface area (Å²) < 4.78 is 5.07. The van der Waals surface area contributed by atoms with Crippen molar-refractivity contribution in [3.05, 3.63) is 29.8 Å². The molecule has 2 atom stereocenters. The van der Waals surface area contributed by atoms with E-state index in [9.17, 15) is 9.90 Å². The van der Waals surface area contributed by atoms with Gasteiger partial charge in [0, 0.05) is 19.0 Å². The van der Waals surface area contributed by atoms with Gasteiger partial charge in [-0.3, -0.25) is 4.79 Å². The predicted octanol–water partition coefficient (Wildman–Crippen LogP) is 0.452. The van der Waals surface area contributed by atoms with Crippen molar-refractivity contribution in [1.82, 2.24) is 5.32 Å². The largest absolute Gasteiger partial charge is 0.497 e. The quantitative estimate of drug-likeness (QED) is 0.669. The van der Waals surface area contributed by atoms with Crippen LogP contribution in [-0.4, -0.2) is 36.8 Å². The van der Waals surface area contributed by atoms with Crippen LogP contribution in [0, 0.1) is 0 Å². The van der Waals surface area contributed by atoms with Crippen LogP contribution in [0.1, 0.15) is 18.9 Å². The predicted molar refractivity (Wildman–Crippen MR) is 74.0 cm³/mol. The zero-order valence-electron chi connectivity index (χ0n) is 11.4. The maximum Gasteiger partial charge on any atom is 0.220 e. The number of nitrogens with one attached hydrogen (secondary N) is 1. The number of amides is 1. The van der Waals surface area contributed by atoms with E-state index in [4.69, 9.17) is 10.5 Å². The topological polar surface area (TPSA) is 84.6 Å². The van der Waals surface area contributed by atoms with Gasteiger partial charge in [0.15, 0.2) is 0 Å². The Hall–Kier alpha value is -1.59. The number of hydrogen-bond donors (Lipinski definition) is 3. The molecule has 106 valence electrons. The van der Waals surface area contributed by atoms with Gasteiger partial charge in [-0.1, -0.05) is 12.1 Å². The molecule has 0 spiro atoms. The van der Waals surface area contributed by atoms with E-state index in [0.717, 1.165) is 11.3 Å². The van der Waals surface area contributed by atoms with Crippen LogP contribution in [0.2, 0.25) is 0 Å². The molecule has 0 aliphatic carbocycles. The average molecular weight is 266 g/mol. The second-order valence-electron chi connectivity index (χ2n) is 4.56. The molecule has 0 aromatic heterocycles. The fourth-order valence-corrected chi connectivity index (χ4v) is 1.54. The van der Waals surface area contributed by atoms with Crippen LogP contribution in [0.4, 0.5) is 0 Å². The number of carbonyl (C=O) groups is 1. The Labute approximate surface area is 113 Å². The molecule has 0 fully saturated rings. The number of methoxy groups -OCH3 is 1. The minimum Gasteiger partial charge on any atom is -0.497 e. The number of aliphatic hydroxyl groups is 1. The molecule has 1 aromatic carbocycles. The third-order valence-electron chi connectivity index (χ3n) is 2.95. The summed E-state index contributed by atoms with van der Waals surface area (Å²) in [4.78, 5) is 11.6. The first-order valence-corrected chi connectivity index (χ1v) is 6.36. The number of rotatable bonds is 7. The molecule has 0 aliphatic heterocycles. The first-order valence-electron chi connectivity index (χ1n) is 6.36. The number of hydrogen-bond acceptors (Lipinski definition) is 4. The molecule has 0 saturated heterocycles. The van der Waals surface area contributed by atoms with Crippen LogP contribution in [0.15, 0.2) is 24.3 Å². The molecule has 1 rings (SSSR count). The summed E-state index contributed by atoms with van der Waals surface area (Å²) in [5.74, 6) is 0.739. The van der Waals surface area contributed by atoms with Gasteiger partial charge in [0.05, 0.1) is 13.2 Å². The summed E-state index contributed by atoms with van der Waals surface area (Å²) in [6.45, 7) is 1.90. The molecule has 5 heteroatoms. The number of carbonyl (C=O) groups excluding carboxylic acids is 1. The standard InChI is InChI=1S/C14H22N2O3/c1-10(17)13(15)9-16-14(18)8-5-11-3-6-12(19-2)7-4-11/h3-4,6-7,10,13,17H,5,8-9,15H2,1-2H3,(H,16,18). The molecule has 1 aromatic rings. The number of benzene rings is 1. The highest BCUT2D eigenvalue weighted by atomic mass is 16.5. The Bertz CT molecular complexity index is 390. The molecule has 1 amide bonds. The zero-order chi connectivity index (χ0) is 14.3. The van der Waals surface area contributed by atoms with Gasteiger partial charge in [0.2, 0.25) is 5.91 Å². The van der Waals surface area contributed by atoms with Crippen molar-refractivity contribution in [2.75, 3.05) is 13.7 Å². The molecule has 4 N–H and O–H groups in total.